The number of nitrogens with one attached hydrogen (secondary N) is 2. The zero-order valence-corrected chi connectivity index (χ0v) is 9.89. The zero-order chi connectivity index (χ0) is 10.8. The smallest absolute Gasteiger partial charge is 0.252 e. The molecule has 0 spiro atoms. The van der Waals surface area contributed by atoms with E-state index in [0.717, 1.165) is 20.9 Å². The number of rotatable bonds is 2. The van der Waals surface area contributed by atoms with Crippen molar-refractivity contribution in [3.05, 3.63) is 44.7 Å². The summed E-state index contributed by atoms with van der Waals surface area (Å²) in [4.78, 5) is 14.5. The number of para-hydroxylation sites is 1. The second-order valence-corrected chi connectivity index (χ2v) is 4.21. The van der Waals surface area contributed by atoms with Crippen molar-refractivity contribution in [1.29, 1.82) is 0 Å². The summed E-state index contributed by atoms with van der Waals surface area (Å²) in [5.74, 6) is 0. The fourth-order valence-corrected chi connectivity index (χ4v) is 2.04. The molecule has 0 bridgehead atoms. The van der Waals surface area contributed by atoms with Gasteiger partial charge in [-0.15, -0.1) is 0 Å². The number of aromatic amines is 1. The van der Waals surface area contributed by atoms with Gasteiger partial charge in [-0.3, -0.25) is 4.79 Å². The molecular weight excluding hydrogens is 256 g/mol. The van der Waals surface area contributed by atoms with Crippen LogP contribution in [-0.4, -0.2) is 12.0 Å². The Kier molecular flexibility index (Phi) is 2.88. The van der Waals surface area contributed by atoms with Gasteiger partial charge in [0.1, 0.15) is 0 Å². The summed E-state index contributed by atoms with van der Waals surface area (Å²) in [6.45, 7) is 0.581. The molecular formula is C11H11BrN2O. The molecule has 1 aromatic carbocycles. The molecule has 0 aliphatic carbocycles. The summed E-state index contributed by atoms with van der Waals surface area (Å²) < 4.78 is 0.910. The van der Waals surface area contributed by atoms with Crippen molar-refractivity contribution in [1.82, 2.24) is 10.3 Å². The van der Waals surface area contributed by atoms with Crippen molar-refractivity contribution < 1.29 is 0 Å². The number of aromatic nitrogens is 1. The van der Waals surface area contributed by atoms with Crippen molar-refractivity contribution in [2.75, 3.05) is 7.05 Å². The van der Waals surface area contributed by atoms with Gasteiger partial charge in [0.2, 0.25) is 0 Å². The third-order valence-corrected chi connectivity index (χ3v) is 2.93. The average Bonchev–Trinajstić information content (AvgIpc) is 2.21. The minimum atomic E-state index is -0.0382. The Morgan fingerprint density at radius 1 is 1.47 bits per heavy atom. The van der Waals surface area contributed by atoms with Crippen LogP contribution in [0, 0.1) is 0 Å². The lowest BCUT2D eigenvalue weighted by atomic mass is 10.1. The van der Waals surface area contributed by atoms with Gasteiger partial charge in [-0.05, 0) is 40.5 Å². The predicted molar refractivity (Wildman–Crippen MR) is 65.0 cm³/mol. The molecule has 2 aromatic rings. The van der Waals surface area contributed by atoms with Crippen LogP contribution in [0.25, 0.3) is 10.9 Å². The molecule has 0 saturated carbocycles. The normalized spacial score (nSPS) is 10.8. The van der Waals surface area contributed by atoms with Gasteiger partial charge in [0, 0.05) is 16.6 Å². The molecule has 2 N–H and O–H groups in total. The minimum Gasteiger partial charge on any atom is -0.321 e. The van der Waals surface area contributed by atoms with Crippen LogP contribution in [0.2, 0.25) is 0 Å². The van der Waals surface area contributed by atoms with Crippen LogP contribution < -0.4 is 10.9 Å². The number of hydrogen-bond donors (Lipinski definition) is 2. The molecule has 0 fully saturated rings. The molecule has 0 saturated heterocycles. The minimum absolute atomic E-state index is 0.0382. The first-order valence-corrected chi connectivity index (χ1v) is 5.46. The highest BCUT2D eigenvalue weighted by Gasteiger charge is 2.03. The first-order chi connectivity index (χ1) is 7.22. The van der Waals surface area contributed by atoms with Gasteiger partial charge < -0.3 is 10.3 Å². The maximum absolute atomic E-state index is 11.7. The molecule has 1 aromatic heterocycles. The Morgan fingerprint density at radius 2 is 2.27 bits per heavy atom. The summed E-state index contributed by atoms with van der Waals surface area (Å²) in [5.41, 5.74) is 1.56. The molecule has 1 heterocycles. The molecule has 0 amide bonds. The number of halogens is 1. The van der Waals surface area contributed by atoms with Crippen molar-refractivity contribution in [3.63, 3.8) is 0 Å². The lowest BCUT2D eigenvalue weighted by Gasteiger charge is -2.03. The third-order valence-electron chi connectivity index (χ3n) is 2.27. The van der Waals surface area contributed by atoms with E-state index in [4.69, 9.17) is 0 Å². The topological polar surface area (TPSA) is 44.9 Å². The van der Waals surface area contributed by atoms with Crippen LogP contribution in [0.5, 0.6) is 0 Å². The van der Waals surface area contributed by atoms with Crippen LogP contribution in [0.3, 0.4) is 0 Å². The van der Waals surface area contributed by atoms with E-state index >= 15 is 0 Å². The summed E-state index contributed by atoms with van der Waals surface area (Å²) >= 11 is 3.41. The molecule has 0 atom stereocenters. The van der Waals surface area contributed by atoms with Gasteiger partial charge in [-0.1, -0.05) is 12.1 Å². The first kappa shape index (κ1) is 10.4. The van der Waals surface area contributed by atoms with Crippen molar-refractivity contribution in [2.24, 2.45) is 0 Å². The van der Waals surface area contributed by atoms with Crippen LogP contribution in [-0.2, 0) is 6.54 Å². The molecule has 3 nitrogen and oxygen atoms in total. The monoisotopic (exact) mass is 266 g/mol. The molecule has 78 valence electrons. The van der Waals surface area contributed by atoms with E-state index in [0.29, 0.717) is 6.54 Å². The Labute approximate surface area is 95.6 Å². The van der Waals surface area contributed by atoms with E-state index in [1.165, 1.54) is 0 Å². The first-order valence-electron chi connectivity index (χ1n) is 4.67. The highest BCUT2D eigenvalue weighted by Crippen LogP contribution is 2.20. The molecule has 0 aliphatic rings. The summed E-state index contributed by atoms with van der Waals surface area (Å²) in [6, 6.07) is 7.76. The molecule has 15 heavy (non-hydrogen) atoms. The number of hydrogen-bond acceptors (Lipinski definition) is 2. The maximum Gasteiger partial charge on any atom is 0.252 e. The van der Waals surface area contributed by atoms with Crippen molar-refractivity contribution >= 4 is 26.8 Å². The molecule has 0 aliphatic heterocycles. The van der Waals surface area contributed by atoms with Gasteiger partial charge in [0.25, 0.3) is 5.56 Å². The third kappa shape index (κ3) is 1.96. The predicted octanol–water partition coefficient (Wildman–Crippen LogP) is 2.01. The second kappa shape index (κ2) is 4.16. The summed E-state index contributed by atoms with van der Waals surface area (Å²) in [5, 5.41) is 4.01. The van der Waals surface area contributed by atoms with E-state index in [9.17, 15) is 4.79 Å². The highest BCUT2D eigenvalue weighted by molar-refractivity contribution is 9.10. The number of fused-ring (bicyclic) bond motifs is 1. The number of H-pyrrole nitrogens is 1. The van der Waals surface area contributed by atoms with Crippen molar-refractivity contribution in [2.45, 2.75) is 6.54 Å². The molecule has 0 unspecified atom stereocenters. The summed E-state index contributed by atoms with van der Waals surface area (Å²) in [6.07, 6.45) is 0. The Hall–Kier alpha value is -1.13. The zero-order valence-electron chi connectivity index (χ0n) is 8.30. The van der Waals surface area contributed by atoms with Gasteiger partial charge in [0.15, 0.2) is 0 Å². The van der Waals surface area contributed by atoms with Gasteiger partial charge in [-0.25, -0.2) is 0 Å². The van der Waals surface area contributed by atoms with Crippen LogP contribution in [0.15, 0.2) is 33.5 Å². The molecule has 0 radical (unpaired) electrons. The average molecular weight is 267 g/mol. The Bertz CT molecular complexity index is 548. The van der Waals surface area contributed by atoms with Crippen molar-refractivity contribution in [3.8, 4) is 0 Å². The maximum atomic E-state index is 11.7. The van der Waals surface area contributed by atoms with Gasteiger partial charge in [-0.2, -0.15) is 0 Å². The van der Waals surface area contributed by atoms with E-state index in [1.807, 2.05) is 31.3 Å². The Morgan fingerprint density at radius 3 is 3.00 bits per heavy atom. The standard InChI is InChI=1S/C11H11BrN2O/c1-13-6-8-5-7-3-2-4-9(12)10(7)14-11(8)15/h2-5,13H,6H2,1H3,(H,14,15). The van der Waals surface area contributed by atoms with E-state index in [-0.39, 0.29) is 5.56 Å². The SMILES string of the molecule is CNCc1cc2cccc(Br)c2[nH]c1=O. The number of benzene rings is 1. The lowest BCUT2D eigenvalue weighted by Crippen LogP contribution is -2.18. The highest BCUT2D eigenvalue weighted by atomic mass is 79.9. The Balaban J connectivity index is 2.71. The van der Waals surface area contributed by atoms with Crippen LogP contribution >= 0.6 is 15.9 Å². The molecule has 4 heteroatoms. The van der Waals surface area contributed by atoms with E-state index in [2.05, 4.69) is 26.2 Å². The van der Waals surface area contributed by atoms with E-state index < -0.39 is 0 Å². The van der Waals surface area contributed by atoms with Crippen LogP contribution in [0.1, 0.15) is 5.56 Å². The van der Waals surface area contributed by atoms with E-state index in [1.54, 1.807) is 0 Å². The fraction of sp³-hybridized carbons (Fsp3) is 0.182. The lowest BCUT2D eigenvalue weighted by molar-refractivity contribution is 0.807. The van der Waals surface area contributed by atoms with Crippen LogP contribution in [0.4, 0.5) is 0 Å². The van der Waals surface area contributed by atoms with Gasteiger partial charge >= 0.3 is 0 Å². The molecule has 2 rings (SSSR count). The second-order valence-electron chi connectivity index (χ2n) is 3.36. The fourth-order valence-electron chi connectivity index (χ4n) is 1.56. The quantitative estimate of drug-likeness (QED) is 0.874. The van der Waals surface area contributed by atoms with Gasteiger partial charge in [0.05, 0.1) is 5.52 Å². The summed E-state index contributed by atoms with van der Waals surface area (Å²) in [7, 11) is 1.82. The largest absolute Gasteiger partial charge is 0.321 e. The number of pyridine rings is 1.